The van der Waals surface area contributed by atoms with Gasteiger partial charge in [0.2, 0.25) is 5.71 Å². The number of furan rings is 1. The van der Waals surface area contributed by atoms with E-state index in [9.17, 15) is 0 Å². The molecule has 0 amide bonds. The van der Waals surface area contributed by atoms with Crippen LogP contribution in [0.3, 0.4) is 0 Å². The van der Waals surface area contributed by atoms with Gasteiger partial charge in [-0.05, 0) is 60.1 Å². The molecule has 3 nitrogen and oxygen atoms in total. The lowest BCUT2D eigenvalue weighted by molar-refractivity contribution is 0.648. The van der Waals surface area contributed by atoms with E-state index < -0.39 is 0 Å². The molecule has 164 valence electrons. The molecular weight excluding hydrogens is 404 g/mol. The summed E-state index contributed by atoms with van der Waals surface area (Å²) >= 11 is 0. The molecular formula is C30H28N2O. The molecule has 3 aromatic heterocycles. The van der Waals surface area contributed by atoms with Crippen molar-refractivity contribution in [3.63, 3.8) is 0 Å². The summed E-state index contributed by atoms with van der Waals surface area (Å²) in [6, 6.07) is 23.8. The number of pyridine rings is 2. The van der Waals surface area contributed by atoms with Crippen molar-refractivity contribution in [3.8, 4) is 22.4 Å². The molecule has 1 saturated carbocycles. The molecule has 0 atom stereocenters. The summed E-state index contributed by atoms with van der Waals surface area (Å²) in [5, 5.41) is 2.13. The van der Waals surface area contributed by atoms with Gasteiger partial charge in [-0.2, -0.15) is 0 Å². The maximum Gasteiger partial charge on any atom is 0.227 e. The van der Waals surface area contributed by atoms with Gasteiger partial charge >= 0.3 is 0 Å². The third-order valence-corrected chi connectivity index (χ3v) is 7.09. The van der Waals surface area contributed by atoms with Crippen LogP contribution in [0.5, 0.6) is 0 Å². The zero-order valence-electron chi connectivity index (χ0n) is 19.2. The Morgan fingerprint density at radius 1 is 0.818 bits per heavy atom. The summed E-state index contributed by atoms with van der Waals surface area (Å²) in [5.41, 5.74) is 8.33. The molecule has 0 radical (unpaired) electrons. The Morgan fingerprint density at radius 2 is 1.61 bits per heavy atom. The molecule has 3 heterocycles. The van der Waals surface area contributed by atoms with E-state index in [1.54, 1.807) is 0 Å². The smallest absolute Gasteiger partial charge is 0.227 e. The number of hydrogen-bond acceptors (Lipinski definition) is 3. The van der Waals surface area contributed by atoms with E-state index in [-0.39, 0.29) is 0 Å². The summed E-state index contributed by atoms with van der Waals surface area (Å²) in [6.45, 7) is 4.30. The molecule has 6 rings (SSSR count). The van der Waals surface area contributed by atoms with Crippen molar-refractivity contribution in [2.45, 2.75) is 51.4 Å². The van der Waals surface area contributed by atoms with Crippen LogP contribution in [0.4, 0.5) is 0 Å². The number of hydrogen-bond donors (Lipinski definition) is 0. The number of fused-ring (bicyclic) bond motifs is 3. The SMILES string of the molecule is CC(C)c1ccc2c(n1)oc1c(-c3ccc(-c4ccc(C5CCCC5)cc4)cn3)cccc12. The van der Waals surface area contributed by atoms with Gasteiger partial charge in [0.15, 0.2) is 0 Å². The van der Waals surface area contributed by atoms with Crippen LogP contribution in [0.25, 0.3) is 44.5 Å². The fourth-order valence-corrected chi connectivity index (χ4v) is 5.15. The van der Waals surface area contributed by atoms with Crippen LogP contribution in [-0.2, 0) is 0 Å². The lowest BCUT2D eigenvalue weighted by atomic mass is 9.95. The summed E-state index contributed by atoms with van der Waals surface area (Å²) in [5.74, 6) is 1.11. The predicted octanol–water partition coefficient (Wildman–Crippen LogP) is 8.49. The highest BCUT2D eigenvalue weighted by atomic mass is 16.3. The Morgan fingerprint density at radius 3 is 2.33 bits per heavy atom. The van der Waals surface area contributed by atoms with Gasteiger partial charge in [0.1, 0.15) is 5.58 Å². The maximum absolute atomic E-state index is 6.25. The van der Waals surface area contributed by atoms with Crippen LogP contribution in [0.15, 0.2) is 77.3 Å². The number of aromatic nitrogens is 2. The van der Waals surface area contributed by atoms with Crippen LogP contribution < -0.4 is 0 Å². The molecule has 0 saturated heterocycles. The van der Waals surface area contributed by atoms with Gasteiger partial charge in [-0.25, -0.2) is 4.98 Å². The second-order valence-corrected chi connectivity index (χ2v) is 9.56. The first-order valence-corrected chi connectivity index (χ1v) is 12.1. The molecule has 0 bridgehead atoms. The monoisotopic (exact) mass is 432 g/mol. The molecule has 1 aliphatic rings. The van der Waals surface area contributed by atoms with Crippen LogP contribution in [-0.4, -0.2) is 9.97 Å². The minimum Gasteiger partial charge on any atom is -0.437 e. The van der Waals surface area contributed by atoms with E-state index >= 15 is 0 Å². The highest BCUT2D eigenvalue weighted by molar-refractivity contribution is 6.08. The van der Waals surface area contributed by atoms with Gasteiger partial charge in [-0.15, -0.1) is 0 Å². The first kappa shape index (κ1) is 20.2. The van der Waals surface area contributed by atoms with E-state index in [2.05, 4.69) is 80.6 Å². The van der Waals surface area contributed by atoms with E-state index in [1.165, 1.54) is 36.8 Å². The van der Waals surface area contributed by atoms with Crippen molar-refractivity contribution in [1.29, 1.82) is 0 Å². The van der Waals surface area contributed by atoms with Crippen molar-refractivity contribution in [2.24, 2.45) is 0 Å². The molecule has 33 heavy (non-hydrogen) atoms. The number of para-hydroxylation sites is 1. The standard InChI is InChI=1S/C30H28N2O/c1-19(2)27-17-15-25-24-8-5-9-26(29(24)33-30(25)32-27)28-16-14-23(18-31-28)22-12-10-21(11-13-22)20-6-3-4-7-20/h5,8-20H,3-4,6-7H2,1-2H3. The topological polar surface area (TPSA) is 38.9 Å². The van der Waals surface area contributed by atoms with E-state index in [1.807, 2.05) is 6.20 Å². The van der Waals surface area contributed by atoms with E-state index in [0.717, 1.165) is 44.8 Å². The third kappa shape index (κ3) is 3.62. The van der Waals surface area contributed by atoms with Crippen molar-refractivity contribution < 1.29 is 4.42 Å². The third-order valence-electron chi connectivity index (χ3n) is 7.09. The molecule has 2 aromatic carbocycles. The molecule has 0 spiro atoms. The highest BCUT2D eigenvalue weighted by Gasteiger charge is 2.17. The fraction of sp³-hybridized carbons (Fsp3) is 0.267. The molecule has 0 aliphatic heterocycles. The zero-order valence-corrected chi connectivity index (χ0v) is 19.2. The van der Waals surface area contributed by atoms with Gasteiger partial charge in [0.05, 0.1) is 5.69 Å². The van der Waals surface area contributed by atoms with Crippen molar-refractivity contribution in [1.82, 2.24) is 9.97 Å². The largest absolute Gasteiger partial charge is 0.437 e. The maximum atomic E-state index is 6.25. The Bertz CT molecular complexity index is 1420. The first-order valence-electron chi connectivity index (χ1n) is 12.1. The quantitative estimate of drug-likeness (QED) is 0.286. The van der Waals surface area contributed by atoms with Gasteiger partial charge in [-0.1, -0.05) is 69.2 Å². The van der Waals surface area contributed by atoms with Crippen LogP contribution >= 0.6 is 0 Å². The molecule has 3 heteroatoms. The molecule has 0 N–H and O–H groups in total. The van der Waals surface area contributed by atoms with Gasteiger partial charge in [0, 0.05) is 33.8 Å². The minimum atomic E-state index is 0.364. The average Bonchev–Trinajstić information content (AvgIpc) is 3.52. The Hall–Kier alpha value is -3.46. The van der Waals surface area contributed by atoms with Crippen LogP contribution in [0.2, 0.25) is 0 Å². The first-order chi connectivity index (χ1) is 16.2. The normalized spacial score (nSPS) is 14.6. The molecule has 5 aromatic rings. The average molecular weight is 433 g/mol. The minimum absolute atomic E-state index is 0.364. The second-order valence-electron chi connectivity index (χ2n) is 9.56. The van der Waals surface area contributed by atoms with Crippen LogP contribution in [0, 0.1) is 0 Å². The Labute approximate surface area is 194 Å². The van der Waals surface area contributed by atoms with E-state index in [0.29, 0.717) is 11.6 Å². The second kappa shape index (κ2) is 8.15. The summed E-state index contributed by atoms with van der Waals surface area (Å²) in [4.78, 5) is 9.56. The van der Waals surface area contributed by atoms with Crippen molar-refractivity contribution >= 4 is 22.1 Å². The summed E-state index contributed by atoms with van der Waals surface area (Å²) < 4.78 is 6.25. The van der Waals surface area contributed by atoms with Gasteiger partial charge in [0.25, 0.3) is 0 Å². The van der Waals surface area contributed by atoms with Crippen molar-refractivity contribution in [2.75, 3.05) is 0 Å². The Kier molecular flexibility index (Phi) is 4.98. The van der Waals surface area contributed by atoms with E-state index in [4.69, 9.17) is 14.4 Å². The molecule has 0 unspecified atom stereocenters. The summed E-state index contributed by atoms with van der Waals surface area (Å²) in [6.07, 6.45) is 7.36. The summed E-state index contributed by atoms with van der Waals surface area (Å²) in [7, 11) is 0. The number of nitrogens with zero attached hydrogens (tertiary/aromatic N) is 2. The van der Waals surface area contributed by atoms with Crippen LogP contribution in [0.1, 0.15) is 62.6 Å². The Balaban J connectivity index is 1.34. The van der Waals surface area contributed by atoms with Gasteiger partial charge in [-0.3, -0.25) is 4.98 Å². The van der Waals surface area contributed by atoms with Crippen molar-refractivity contribution in [3.05, 3.63) is 84.2 Å². The number of rotatable bonds is 4. The zero-order chi connectivity index (χ0) is 22.4. The number of benzene rings is 2. The molecule has 1 fully saturated rings. The predicted molar refractivity (Wildman–Crippen MR) is 135 cm³/mol. The fourth-order valence-electron chi connectivity index (χ4n) is 5.15. The molecule has 1 aliphatic carbocycles. The lowest BCUT2D eigenvalue weighted by Crippen LogP contribution is -1.92. The van der Waals surface area contributed by atoms with Gasteiger partial charge < -0.3 is 4.42 Å². The lowest BCUT2D eigenvalue weighted by Gasteiger charge is -2.10. The highest BCUT2D eigenvalue weighted by Crippen LogP contribution is 2.37.